The van der Waals surface area contributed by atoms with Gasteiger partial charge in [-0.3, -0.25) is 9.78 Å². The lowest BCUT2D eigenvalue weighted by atomic mass is 10.2. The quantitative estimate of drug-likeness (QED) is 0.608. The molecule has 0 atom stereocenters. The van der Waals surface area contributed by atoms with Crippen molar-refractivity contribution in [2.45, 2.75) is 6.61 Å². The molecule has 0 radical (unpaired) electrons. The van der Waals surface area contributed by atoms with E-state index < -0.39 is 11.7 Å². The zero-order valence-corrected chi connectivity index (χ0v) is 16.0. The van der Waals surface area contributed by atoms with E-state index in [9.17, 15) is 9.18 Å². The van der Waals surface area contributed by atoms with Crippen molar-refractivity contribution in [1.29, 1.82) is 0 Å². The maximum absolute atomic E-state index is 13.5. The first-order chi connectivity index (χ1) is 13.0. The third kappa shape index (κ3) is 5.04. The minimum Gasteiger partial charge on any atom is -0.493 e. The predicted molar refractivity (Wildman–Crippen MR) is 104 cm³/mol. The maximum Gasteiger partial charge on any atom is 0.255 e. The molecule has 1 aromatic heterocycles. The Bertz CT molecular complexity index is 931. The lowest BCUT2D eigenvalue weighted by Crippen LogP contribution is -2.12. The standard InChI is InChI=1S/C20H16BrFN2O3/c1-26-18-5-4-17(10-19(18)27-12-13-3-2-6-23-11-13)24-20(25)14-7-15(21)9-16(22)8-14/h2-11H,12H2,1H3,(H,24,25). The van der Waals surface area contributed by atoms with E-state index in [1.165, 1.54) is 19.2 Å². The summed E-state index contributed by atoms with van der Waals surface area (Å²) >= 11 is 3.18. The van der Waals surface area contributed by atoms with Crippen LogP contribution in [0.5, 0.6) is 11.5 Å². The average Bonchev–Trinajstić information content (AvgIpc) is 2.66. The summed E-state index contributed by atoms with van der Waals surface area (Å²) < 4.78 is 25.1. The second-order valence-electron chi connectivity index (χ2n) is 5.63. The summed E-state index contributed by atoms with van der Waals surface area (Å²) in [6.07, 6.45) is 3.39. The number of carbonyl (C=O) groups excluding carboxylic acids is 1. The van der Waals surface area contributed by atoms with Gasteiger partial charge in [-0.25, -0.2) is 4.39 Å². The van der Waals surface area contributed by atoms with E-state index in [1.807, 2.05) is 12.1 Å². The van der Waals surface area contributed by atoms with E-state index >= 15 is 0 Å². The van der Waals surface area contributed by atoms with Crippen molar-refractivity contribution in [3.8, 4) is 11.5 Å². The van der Waals surface area contributed by atoms with Crippen LogP contribution in [0, 0.1) is 5.82 Å². The smallest absolute Gasteiger partial charge is 0.255 e. The number of halogens is 2. The Kier molecular flexibility index (Phi) is 6.03. The molecule has 0 saturated heterocycles. The Hall–Kier alpha value is -2.93. The Morgan fingerprint density at radius 2 is 2.04 bits per heavy atom. The molecule has 2 aromatic carbocycles. The van der Waals surface area contributed by atoms with Gasteiger partial charge in [-0.15, -0.1) is 0 Å². The number of anilines is 1. The second-order valence-corrected chi connectivity index (χ2v) is 6.54. The number of benzene rings is 2. The number of hydrogen-bond donors (Lipinski definition) is 1. The van der Waals surface area contributed by atoms with E-state index in [0.717, 1.165) is 5.56 Å². The zero-order chi connectivity index (χ0) is 19.2. The van der Waals surface area contributed by atoms with E-state index in [0.29, 0.717) is 28.3 Å². The molecule has 5 nitrogen and oxygen atoms in total. The van der Waals surface area contributed by atoms with Gasteiger partial charge in [0.25, 0.3) is 5.91 Å². The van der Waals surface area contributed by atoms with Gasteiger partial charge in [0.2, 0.25) is 0 Å². The highest BCUT2D eigenvalue weighted by molar-refractivity contribution is 9.10. The number of rotatable bonds is 6. The lowest BCUT2D eigenvalue weighted by Gasteiger charge is -2.13. The molecule has 0 saturated carbocycles. The van der Waals surface area contributed by atoms with Gasteiger partial charge in [0.05, 0.1) is 7.11 Å². The van der Waals surface area contributed by atoms with Crippen LogP contribution in [0.4, 0.5) is 10.1 Å². The van der Waals surface area contributed by atoms with Crippen molar-refractivity contribution in [2.75, 3.05) is 12.4 Å². The summed E-state index contributed by atoms with van der Waals surface area (Å²) in [6.45, 7) is 0.304. The van der Waals surface area contributed by atoms with Gasteiger partial charge in [-0.2, -0.15) is 0 Å². The lowest BCUT2D eigenvalue weighted by molar-refractivity contribution is 0.102. The molecular formula is C20H16BrFN2O3. The predicted octanol–water partition coefficient (Wildman–Crippen LogP) is 4.82. The Balaban J connectivity index is 1.76. The number of carbonyl (C=O) groups is 1. The maximum atomic E-state index is 13.5. The number of methoxy groups -OCH3 is 1. The normalized spacial score (nSPS) is 10.3. The Labute approximate surface area is 164 Å². The molecular weight excluding hydrogens is 415 g/mol. The second kappa shape index (κ2) is 8.64. The van der Waals surface area contributed by atoms with Crippen molar-refractivity contribution in [1.82, 2.24) is 4.98 Å². The van der Waals surface area contributed by atoms with Gasteiger partial charge in [-0.1, -0.05) is 22.0 Å². The number of aromatic nitrogens is 1. The molecule has 3 aromatic rings. The minimum atomic E-state index is -0.496. The summed E-state index contributed by atoms with van der Waals surface area (Å²) in [5.74, 6) is 0.0771. The average molecular weight is 431 g/mol. The molecule has 1 heterocycles. The van der Waals surface area contributed by atoms with Gasteiger partial charge >= 0.3 is 0 Å². The van der Waals surface area contributed by atoms with Crippen LogP contribution in [0.15, 0.2) is 65.4 Å². The largest absolute Gasteiger partial charge is 0.493 e. The monoisotopic (exact) mass is 430 g/mol. The van der Waals surface area contributed by atoms with Gasteiger partial charge in [0.15, 0.2) is 11.5 Å². The first kappa shape index (κ1) is 18.8. The van der Waals surface area contributed by atoms with Crippen LogP contribution in [0.25, 0.3) is 0 Å². The summed E-state index contributed by atoms with van der Waals surface area (Å²) in [5, 5.41) is 2.73. The van der Waals surface area contributed by atoms with Crippen molar-refractivity contribution in [2.24, 2.45) is 0 Å². The molecule has 27 heavy (non-hydrogen) atoms. The molecule has 1 amide bonds. The fourth-order valence-electron chi connectivity index (χ4n) is 2.40. The Morgan fingerprint density at radius 1 is 1.19 bits per heavy atom. The molecule has 3 rings (SSSR count). The van der Waals surface area contributed by atoms with Gasteiger partial charge in [-0.05, 0) is 36.4 Å². The zero-order valence-electron chi connectivity index (χ0n) is 14.4. The topological polar surface area (TPSA) is 60.5 Å². The minimum absolute atomic E-state index is 0.204. The van der Waals surface area contributed by atoms with Crippen LogP contribution in [-0.4, -0.2) is 18.0 Å². The highest BCUT2D eigenvalue weighted by Crippen LogP contribution is 2.31. The number of ether oxygens (including phenoxy) is 2. The number of pyridine rings is 1. The summed E-state index contributed by atoms with van der Waals surface area (Å²) in [4.78, 5) is 16.4. The van der Waals surface area contributed by atoms with E-state index in [1.54, 1.807) is 36.7 Å². The Morgan fingerprint density at radius 3 is 2.74 bits per heavy atom. The summed E-state index contributed by atoms with van der Waals surface area (Å²) in [5.41, 5.74) is 1.61. The molecule has 1 N–H and O–H groups in total. The van der Waals surface area contributed by atoms with Crippen LogP contribution in [-0.2, 0) is 6.61 Å². The van der Waals surface area contributed by atoms with Crippen molar-refractivity contribution in [3.63, 3.8) is 0 Å². The van der Waals surface area contributed by atoms with Crippen LogP contribution < -0.4 is 14.8 Å². The van der Waals surface area contributed by atoms with Crippen LogP contribution in [0.2, 0.25) is 0 Å². The van der Waals surface area contributed by atoms with Crippen LogP contribution in [0.1, 0.15) is 15.9 Å². The first-order valence-electron chi connectivity index (χ1n) is 8.02. The third-order valence-corrected chi connectivity index (χ3v) is 4.12. The van der Waals surface area contributed by atoms with Crippen molar-refractivity contribution < 1.29 is 18.7 Å². The van der Waals surface area contributed by atoms with E-state index in [4.69, 9.17) is 9.47 Å². The van der Waals surface area contributed by atoms with Gasteiger partial charge < -0.3 is 14.8 Å². The number of amides is 1. The van der Waals surface area contributed by atoms with Crippen LogP contribution in [0.3, 0.4) is 0 Å². The molecule has 138 valence electrons. The highest BCUT2D eigenvalue weighted by Gasteiger charge is 2.12. The first-order valence-corrected chi connectivity index (χ1v) is 8.81. The SMILES string of the molecule is COc1ccc(NC(=O)c2cc(F)cc(Br)c2)cc1OCc1cccnc1. The molecule has 0 unspecified atom stereocenters. The van der Waals surface area contributed by atoms with Gasteiger partial charge in [0, 0.05) is 39.7 Å². The fraction of sp³-hybridized carbons (Fsp3) is 0.100. The molecule has 0 aliphatic heterocycles. The summed E-state index contributed by atoms with van der Waals surface area (Å²) in [7, 11) is 1.54. The fourth-order valence-corrected chi connectivity index (χ4v) is 2.87. The molecule has 0 spiro atoms. The number of nitrogens with one attached hydrogen (secondary N) is 1. The van der Waals surface area contributed by atoms with Gasteiger partial charge in [0.1, 0.15) is 12.4 Å². The van der Waals surface area contributed by atoms with E-state index in [-0.39, 0.29) is 5.56 Å². The van der Waals surface area contributed by atoms with E-state index in [2.05, 4.69) is 26.2 Å². The number of nitrogens with zero attached hydrogens (tertiary/aromatic N) is 1. The molecule has 7 heteroatoms. The molecule has 0 aliphatic rings. The molecule has 0 fully saturated rings. The number of hydrogen-bond acceptors (Lipinski definition) is 4. The molecule has 0 bridgehead atoms. The highest BCUT2D eigenvalue weighted by atomic mass is 79.9. The van der Waals surface area contributed by atoms with Crippen molar-refractivity contribution in [3.05, 3.63) is 82.3 Å². The molecule has 0 aliphatic carbocycles. The van der Waals surface area contributed by atoms with Crippen molar-refractivity contribution >= 4 is 27.5 Å². The summed E-state index contributed by atoms with van der Waals surface area (Å²) in [6, 6.07) is 12.7. The van der Waals surface area contributed by atoms with Crippen LogP contribution >= 0.6 is 15.9 Å². The third-order valence-electron chi connectivity index (χ3n) is 3.66.